The number of rotatable bonds is 7. The van der Waals surface area contributed by atoms with Gasteiger partial charge in [-0.25, -0.2) is 0 Å². The first kappa shape index (κ1) is 24.6. The number of alkyl halides is 3. The number of hydrogen-bond donors (Lipinski definition) is 2. The number of benzene rings is 2. The van der Waals surface area contributed by atoms with Crippen LogP contribution in [0.4, 0.5) is 30.2 Å². The molecule has 2 N–H and O–H groups in total. The van der Waals surface area contributed by atoms with Crippen molar-refractivity contribution < 1.29 is 27.7 Å². The Balaban J connectivity index is 2.08. The predicted octanol–water partition coefficient (Wildman–Crippen LogP) is 4.13. The van der Waals surface area contributed by atoms with Gasteiger partial charge in [0, 0.05) is 18.8 Å². The van der Waals surface area contributed by atoms with E-state index in [1.165, 1.54) is 14.0 Å². The topological polar surface area (TPSA) is 105 Å². The summed E-state index contributed by atoms with van der Waals surface area (Å²) in [5, 5.41) is 16.5. The lowest BCUT2D eigenvalue weighted by Gasteiger charge is -2.23. The molecule has 2 rings (SSSR count). The molecule has 2 aromatic rings. The van der Waals surface area contributed by atoms with Gasteiger partial charge in [-0.05, 0) is 44.0 Å². The Bertz CT molecular complexity index is 1020. The molecule has 8 nitrogen and oxygen atoms in total. The second kappa shape index (κ2) is 9.67. The summed E-state index contributed by atoms with van der Waals surface area (Å²) in [5.41, 5.74) is 0.139. The minimum Gasteiger partial charge on any atom is -0.368 e. The Hall–Kier alpha value is -3.63. The largest absolute Gasteiger partial charge is 0.416 e. The zero-order chi connectivity index (χ0) is 24.2. The smallest absolute Gasteiger partial charge is 0.368 e. The van der Waals surface area contributed by atoms with E-state index >= 15 is 0 Å². The van der Waals surface area contributed by atoms with Crippen LogP contribution in [0.1, 0.15) is 23.6 Å². The molecule has 0 aromatic heterocycles. The Kier molecular flexibility index (Phi) is 7.44. The highest BCUT2D eigenvalue weighted by molar-refractivity contribution is 5.96. The number of anilines is 2. The molecule has 0 bridgehead atoms. The predicted molar refractivity (Wildman–Crippen MR) is 113 cm³/mol. The van der Waals surface area contributed by atoms with Crippen LogP contribution in [0.2, 0.25) is 0 Å². The van der Waals surface area contributed by atoms with Gasteiger partial charge in [0.15, 0.2) is 0 Å². The van der Waals surface area contributed by atoms with Crippen molar-refractivity contribution in [1.29, 1.82) is 0 Å². The van der Waals surface area contributed by atoms with E-state index in [1.807, 2.05) is 32.0 Å². The molecule has 32 heavy (non-hydrogen) atoms. The van der Waals surface area contributed by atoms with E-state index in [2.05, 4.69) is 10.6 Å². The molecule has 1 atom stereocenters. The number of likely N-dealkylation sites (N-methyl/N-ethyl adjacent to an activating group) is 1. The Morgan fingerprint density at radius 2 is 1.75 bits per heavy atom. The zero-order valence-electron chi connectivity index (χ0n) is 17.9. The number of nitrogens with zero attached hydrogens (tertiary/aromatic N) is 2. The van der Waals surface area contributed by atoms with Crippen molar-refractivity contribution in [2.45, 2.75) is 33.0 Å². The zero-order valence-corrected chi connectivity index (χ0v) is 17.9. The molecule has 172 valence electrons. The number of amides is 2. The lowest BCUT2D eigenvalue weighted by atomic mass is 10.1. The van der Waals surface area contributed by atoms with E-state index in [0.717, 1.165) is 22.1 Å². The van der Waals surface area contributed by atoms with Crippen LogP contribution in [-0.2, 0) is 15.8 Å². The average Bonchev–Trinajstić information content (AvgIpc) is 2.69. The van der Waals surface area contributed by atoms with Gasteiger partial charge in [0.1, 0.15) is 11.7 Å². The third kappa shape index (κ3) is 5.96. The fraction of sp³-hybridized carbons (Fsp3) is 0.333. The number of aryl methyl sites for hydroxylation is 2. The lowest BCUT2D eigenvalue weighted by molar-refractivity contribution is -0.384. The molecule has 0 saturated heterocycles. The second-order valence-corrected chi connectivity index (χ2v) is 7.36. The van der Waals surface area contributed by atoms with Crippen LogP contribution in [0.25, 0.3) is 0 Å². The van der Waals surface area contributed by atoms with Crippen LogP contribution >= 0.6 is 0 Å². The summed E-state index contributed by atoms with van der Waals surface area (Å²) in [6.45, 7) is 4.78. The standard InChI is InChI=1S/C21H23F3N4O4/c1-12-6-5-7-13(2)19(12)26-18(29)11-27(4)20(30)14(3)25-16-9-8-15(21(22,23)24)10-17(16)28(31)32/h5-10,14,25H,11H2,1-4H3,(H,26,29)/t14-/m1/s1. The number of nitro groups is 1. The average molecular weight is 452 g/mol. The van der Waals surface area contributed by atoms with Gasteiger partial charge in [0.25, 0.3) is 5.69 Å². The van der Waals surface area contributed by atoms with Crippen LogP contribution in [0.5, 0.6) is 0 Å². The molecule has 0 radical (unpaired) electrons. The van der Waals surface area contributed by atoms with Gasteiger partial charge >= 0.3 is 6.18 Å². The fourth-order valence-corrected chi connectivity index (χ4v) is 3.09. The monoisotopic (exact) mass is 452 g/mol. The number of halogens is 3. The summed E-state index contributed by atoms with van der Waals surface area (Å²) in [4.78, 5) is 36.3. The molecule has 0 heterocycles. The van der Waals surface area contributed by atoms with Crippen LogP contribution < -0.4 is 10.6 Å². The van der Waals surface area contributed by atoms with E-state index in [9.17, 15) is 32.9 Å². The van der Waals surface area contributed by atoms with Gasteiger partial charge in [-0.2, -0.15) is 13.2 Å². The normalized spacial score (nSPS) is 12.1. The SMILES string of the molecule is Cc1cccc(C)c1NC(=O)CN(C)C(=O)[C@@H](C)Nc1ccc(C(F)(F)F)cc1[N+](=O)[O-]. The summed E-state index contributed by atoms with van der Waals surface area (Å²) in [6, 6.07) is 6.47. The molecule has 0 unspecified atom stereocenters. The molecule has 0 aliphatic carbocycles. The third-order valence-corrected chi connectivity index (χ3v) is 4.77. The first-order valence-electron chi connectivity index (χ1n) is 9.54. The Labute approximate surface area is 182 Å². The summed E-state index contributed by atoms with van der Waals surface area (Å²) in [6.07, 6.45) is -4.74. The maximum Gasteiger partial charge on any atom is 0.416 e. The van der Waals surface area contributed by atoms with Crippen LogP contribution in [-0.4, -0.2) is 41.3 Å². The van der Waals surface area contributed by atoms with Gasteiger partial charge in [0.05, 0.1) is 17.0 Å². The molecule has 0 fully saturated rings. The van der Waals surface area contributed by atoms with Crippen molar-refractivity contribution in [3.8, 4) is 0 Å². The quantitative estimate of drug-likeness (QED) is 0.486. The molecule has 0 saturated carbocycles. The molecule has 0 spiro atoms. The van der Waals surface area contributed by atoms with E-state index in [4.69, 9.17) is 0 Å². The second-order valence-electron chi connectivity index (χ2n) is 7.36. The molecule has 0 aliphatic rings. The maximum atomic E-state index is 12.8. The number of carbonyl (C=O) groups excluding carboxylic acids is 2. The van der Waals surface area contributed by atoms with Gasteiger partial charge < -0.3 is 15.5 Å². The van der Waals surface area contributed by atoms with E-state index in [0.29, 0.717) is 17.8 Å². The minimum atomic E-state index is -4.74. The van der Waals surface area contributed by atoms with Gasteiger partial charge in [-0.3, -0.25) is 19.7 Å². The number of hydrogen-bond acceptors (Lipinski definition) is 5. The van der Waals surface area contributed by atoms with Crippen molar-refractivity contribution in [2.24, 2.45) is 0 Å². The first-order chi connectivity index (χ1) is 14.8. The lowest BCUT2D eigenvalue weighted by Crippen LogP contribution is -2.42. The molecular weight excluding hydrogens is 429 g/mol. The maximum absolute atomic E-state index is 12.8. The van der Waals surface area contributed by atoms with Crippen molar-refractivity contribution in [3.05, 3.63) is 63.2 Å². The Morgan fingerprint density at radius 1 is 1.16 bits per heavy atom. The molecule has 11 heteroatoms. The number of nitrogens with one attached hydrogen (secondary N) is 2. The molecule has 2 amide bonds. The molecular formula is C21H23F3N4O4. The molecule has 2 aromatic carbocycles. The van der Waals surface area contributed by atoms with Crippen molar-refractivity contribution in [1.82, 2.24) is 4.90 Å². The van der Waals surface area contributed by atoms with Gasteiger partial charge in [0.2, 0.25) is 11.8 Å². The summed E-state index contributed by atoms with van der Waals surface area (Å²) in [5.74, 6) is -1.01. The summed E-state index contributed by atoms with van der Waals surface area (Å²) in [7, 11) is 1.38. The third-order valence-electron chi connectivity index (χ3n) is 4.77. The first-order valence-corrected chi connectivity index (χ1v) is 9.54. The summed E-state index contributed by atoms with van der Waals surface area (Å²) >= 11 is 0. The number of nitro benzene ring substituents is 1. The Morgan fingerprint density at radius 3 is 2.28 bits per heavy atom. The van der Waals surface area contributed by atoms with E-state index in [1.54, 1.807) is 0 Å². The van der Waals surface area contributed by atoms with Crippen LogP contribution in [0.15, 0.2) is 36.4 Å². The van der Waals surface area contributed by atoms with Gasteiger partial charge in [-0.1, -0.05) is 18.2 Å². The van der Waals surface area contributed by atoms with Crippen LogP contribution in [0.3, 0.4) is 0 Å². The number of para-hydroxylation sites is 1. The van der Waals surface area contributed by atoms with Gasteiger partial charge in [-0.15, -0.1) is 0 Å². The number of carbonyl (C=O) groups is 2. The minimum absolute atomic E-state index is 0.239. The van der Waals surface area contributed by atoms with Crippen molar-refractivity contribution in [3.63, 3.8) is 0 Å². The van der Waals surface area contributed by atoms with Crippen molar-refractivity contribution in [2.75, 3.05) is 24.2 Å². The highest BCUT2D eigenvalue weighted by Gasteiger charge is 2.33. The van der Waals surface area contributed by atoms with Crippen molar-refractivity contribution >= 4 is 28.9 Å². The highest BCUT2D eigenvalue weighted by Crippen LogP contribution is 2.35. The molecule has 0 aliphatic heterocycles. The highest BCUT2D eigenvalue weighted by atomic mass is 19.4. The van der Waals surface area contributed by atoms with E-state index in [-0.39, 0.29) is 12.2 Å². The fourth-order valence-electron chi connectivity index (χ4n) is 3.09. The summed E-state index contributed by atoms with van der Waals surface area (Å²) < 4.78 is 38.5. The van der Waals surface area contributed by atoms with E-state index < -0.39 is 40.2 Å². The van der Waals surface area contributed by atoms with Crippen LogP contribution in [0, 0.1) is 24.0 Å².